The predicted octanol–water partition coefficient (Wildman–Crippen LogP) is 16.6. The molecule has 0 atom stereocenters. The van der Waals surface area contributed by atoms with Crippen molar-refractivity contribution < 1.29 is 4.42 Å². The van der Waals surface area contributed by atoms with Crippen LogP contribution in [0.4, 0.5) is 17.1 Å². The van der Waals surface area contributed by atoms with Crippen molar-refractivity contribution in [2.75, 3.05) is 4.90 Å². The van der Waals surface area contributed by atoms with Crippen LogP contribution in [0.15, 0.2) is 186 Å². The zero-order valence-electron chi connectivity index (χ0n) is 35.6. The lowest BCUT2D eigenvalue weighted by atomic mass is 9.72. The Hall–Kier alpha value is -7.62. The van der Waals surface area contributed by atoms with Crippen molar-refractivity contribution in [3.63, 3.8) is 0 Å². The summed E-state index contributed by atoms with van der Waals surface area (Å²) in [6.07, 6.45) is 0. The molecule has 0 N–H and O–H groups in total. The number of hydrogen-bond acceptors (Lipinski definition) is 2. The molecule has 3 heteroatoms. The molecule has 1 aliphatic carbocycles. The van der Waals surface area contributed by atoms with Gasteiger partial charge in [-0.15, -0.1) is 0 Å². The second-order valence-corrected chi connectivity index (χ2v) is 18.9. The molecule has 63 heavy (non-hydrogen) atoms. The smallest absolute Gasteiger partial charge is 0.137 e. The molecule has 0 saturated heterocycles. The van der Waals surface area contributed by atoms with Gasteiger partial charge in [-0.1, -0.05) is 137 Å². The van der Waals surface area contributed by atoms with Crippen LogP contribution in [-0.2, 0) is 10.8 Å². The molecule has 0 saturated carbocycles. The Morgan fingerprint density at radius 1 is 0.333 bits per heavy atom. The third-order valence-corrected chi connectivity index (χ3v) is 14.9. The molecular weight excluding hydrogens is 765 g/mol. The maximum absolute atomic E-state index is 6.48. The summed E-state index contributed by atoms with van der Waals surface area (Å²) >= 11 is 0. The Balaban J connectivity index is 0.999. The summed E-state index contributed by atoms with van der Waals surface area (Å²) in [5.41, 5.74) is 16.4. The predicted molar refractivity (Wildman–Crippen MR) is 265 cm³/mol. The molecule has 298 valence electrons. The van der Waals surface area contributed by atoms with Crippen molar-refractivity contribution in [3.8, 4) is 16.8 Å². The van der Waals surface area contributed by atoms with E-state index in [2.05, 4.69) is 213 Å². The van der Waals surface area contributed by atoms with E-state index < -0.39 is 0 Å². The number of aromatic nitrogens is 1. The highest BCUT2D eigenvalue weighted by atomic mass is 16.3. The van der Waals surface area contributed by atoms with Crippen LogP contribution in [0.2, 0.25) is 0 Å². The number of furan rings is 1. The molecule has 0 amide bonds. The molecule has 0 fully saturated rings. The Morgan fingerprint density at radius 3 is 1.70 bits per heavy atom. The van der Waals surface area contributed by atoms with Crippen LogP contribution in [0, 0.1) is 0 Å². The van der Waals surface area contributed by atoms with E-state index >= 15 is 0 Å². The van der Waals surface area contributed by atoms with Crippen molar-refractivity contribution in [1.82, 2.24) is 4.57 Å². The Bertz CT molecular complexity index is 3990. The SMILES string of the molecule is CC1(C)c2cc3c(cc2-c2cc4c5ccccc5c5ccccc5c4cc21)C(C)(C)c1ccccc1N3c1cccc(-n2c3ccccc3c3cc4c(cc32)oc2ccccc24)c1. The molecule has 2 aromatic heterocycles. The summed E-state index contributed by atoms with van der Waals surface area (Å²) < 4.78 is 8.90. The van der Waals surface area contributed by atoms with Crippen molar-refractivity contribution in [1.29, 1.82) is 0 Å². The first-order valence-electron chi connectivity index (χ1n) is 22.2. The van der Waals surface area contributed by atoms with Crippen LogP contribution in [0.25, 0.3) is 92.9 Å². The van der Waals surface area contributed by atoms with E-state index in [0.29, 0.717) is 0 Å². The molecule has 0 bridgehead atoms. The van der Waals surface area contributed by atoms with E-state index in [1.165, 1.54) is 93.4 Å². The van der Waals surface area contributed by atoms with Gasteiger partial charge >= 0.3 is 0 Å². The molecular formula is C60H42N2O. The van der Waals surface area contributed by atoms with Gasteiger partial charge in [0.25, 0.3) is 0 Å². The molecule has 0 unspecified atom stereocenters. The summed E-state index contributed by atoms with van der Waals surface area (Å²) in [7, 11) is 0. The summed E-state index contributed by atoms with van der Waals surface area (Å²) in [6, 6.07) is 67.8. The number of nitrogens with zero attached hydrogens (tertiary/aromatic N) is 2. The Kier molecular flexibility index (Phi) is 6.70. The van der Waals surface area contributed by atoms with Crippen LogP contribution in [-0.4, -0.2) is 4.57 Å². The van der Waals surface area contributed by atoms with Crippen molar-refractivity contribution in [2.45, 2.75) is 38.5 Å². The normalized spacial score (nSPS) is 14.9. The maximum atomic E-state index is 6.48. The number of benzene rings is 10. The maximum Gasteiger partial charge on any atom is 0.137 e. The van der Waals surface area contributed by atoms with Gasteiger partial charge in [0.2, 0.25) is 0 Å². The van der Waals surface area contributed by atoms with Crippen LogP contribution < -0.4 is 4.90 Å². The first-order valence-corrected chi connectivity index (χ1v) is 22.2. The third-order valence-electron chi connectivity index (χ3n) is 14.9. The molecule has 12 aromatic rings. The fraction of sp³-hybridized carbons (Fsp3) is 0.100. The van der Waals surface area contributed by atoms with Crippen molar-refractivity contribution in [2.24, 2.45) is 0 Å². The van der Waals surface area contributed by atoms with Gasteiger partial charge in [-0.2, -0.15) is 0 Å². The van der Waals surface area contributed by atoms with Gasteiger partial charge in [-0.3, -0.25) is 0 Å². The zero-order chi connectivity index (χ0) is 41.9. The van der Waals surface area contributed by atoms with E-state index in [1.54, 1.807) is 0 Å². The van der Waals surface area contributed by atoms with Gasteiger partial charge < -0.3 is 13.9 Å². The van der Waals surface area contributed by atoms with Gasteiger partial charge in [-0.25, -0.2) is 0 Å². The number of hydrogen-bond donors (Lipinski definition) is 0. The summed E-state index contributed by atoms with van der Waals surface area (Å²) in [6.45, 7) is 9.66. The minimum atomic E-state index is -0.244. The van der Waals surface area contributed by atoms with E-state index in [4.69, 9.17) is 4.42 Å². The average molecular weight is 807 g/mol. The van der Waals surface area contributed by atoms with Gasteiger partial charge in [0.1, 0.15) is 11.2 Å². The van der Waals surface area contributed by atoms with Crippen LogP contribution in [0.5, 0.6) is 0 Å². The highest BCUT2D eigenvalue weighted by Crippen LogP contribution is 2.58. The number of fused-ring (bicyclic) bond motifs is 17. The van der Waals surface area contributed by atoms with E-state index in [9.17, 15) is 0 Å². The third kappa shape index (κ3) is 4.54. The molecule has 1 aliphatic heterocycles. The monoisotopic (exact) mass is 806 g/mol. The average Bonchev–Trinajstić information content (AvgIpc) is 3.91. The Morgan fingerprint density at radius 2 is 0.921 bits per heavy atom. The minimum Gasteiger partial charge on any atom is -0.456 e. The second-order valence-electron chi connectivity index (χ2n) is 18.9. The van der Waals surface area contributed by atoms with Gasteiger partial charge in [0.05, 0.1) is 22.4 Å². The molecule has 3 heterocycles. The molecule has 14 rings (SSSR count). The van der Waals surface area contributed by atoms with E-state index in [-0.39, 0.29) is 10.8 Å². The standard InChI is InChI=1S/C60H42N2O/c1-59(2)49-24-11-13-26-54(49)62(36-17-15-16-35(28-36)61-53-25-12-9-22-41(53)47-30-48-42-23-10-14-27-57(42)63-58(48)34-55(47)61)56-33-51-46(32-52(56)59)45-29-43-39-20-7-5-18-37(39)38-19-6-8-21-40(38)44(43)31-50(45)60(51,3)4/h5-34H,1-4H3. The highest BCUT2D eigenvalue weighted by molar-refractivity contribution is 6.26. The number of rotatable bonds is 2. The quantitative estimate of drug-likeness (QED) is 0.162. The topological polar surface area (TPSA) is 21.3 Å². The van der Waals surface area contributed by atoms with Crippen molar-refractivity contribution in [3.05, 3.63) is 204 Å². The highest BCUT2D eigenvalue weighted by Gasteiger charge is 2.42. The number of anilines is 3. The first-order chi connectivity index (χ1) is 30.8. The summed E-state index contributed by atoms with van der Waals surface area (Å²) in [5, 5.41) is 12.6. The lowest BCUT2D eigenvalue weighted by molar-refractivity contribution is 0.627. The molecule has 10 aromatic carbocycles. The Labute approximate surface area is 365 Å². The van der Waals surface area contributed by atoms with Gasteiger partial charge in [-0.05, 0) is 132 Å². The van der Waals surface area contributed by atoms with Crippen LogP contribution >= 0.6 is 0 Å². The zero-order valence-corrected chi connectivity index (χ0v) is 35.6. The summed E-state index contributed by atoms with van der Waals surface area (Å²) in [4.78, 5) is 2.53. The molecule has 0 radical (unpaired) electrons. The molecule has 0 spiro atoms. The van der Waals surface area contributed by atoms with Crippen LogP contribution in [0.1, 0.15) is 49.9 Å². The fourth-order valence-corrected chi connectivity index (χ4v) is 11.8. The first kappa shape index (κ1) is 35.0. The second kappa shape index (κ2) is 12.1. The lowest BCUT2D eigenvalue weighted by Gasteiger charge is -2.43. The number of para-hydroxylation sites is 3. The summed E-state index contributed by atoms with van der Waals surface area (Å²) in [5.74, 6) is 0. The van der Waals surface area contributed by atoms with Crippen LogP contribution in [0.3, 0.4) is 0 Å². The van der Waals surface area contributed by atoms with E-state index in [0.717, 1.165) is 38.8 Å². The largest absolute Gasteiger partial charge is 0.456 e. The molecule has 2 aliphatic rings. The van der Waals surface area contributed by atoms with Crippen molar-refractivity contribution >= 4 is 93.1 Å². The minimum absolute atomic E-state index is 0.222. The van der Waals surface area contributed by atoms with E-state index in [1.807, 2.05) is 6.07 Å². The molecule has 3 nitrogen and oxygen atoms in total. The van der Waals surface area contributed by atoms with Gasteiger partial charge in [0, 0.05) is 49.8 Å². The lowest BCUT2D eigenvalue weighted by Crippen LogP contribution is -2.31. The van der Waals surface area contributed by atoms with Gasteiger partial charge in [0.15, 0.2) is 0 Å². The fourth-order valence-electron chi connectivity index (χ4n) is 11.8.